The van der Waals surface area contributed by atoms with Crippen molar-refractivity contribution in [2.75, 3.05) is 0 Å². The topological polar surface area (TPSA) is 44.2 Å². The molecule has 0 spiro atoms. The zero-order chi connectivity index (χ0) is 9.59. The van der Waals surface area contributed by atoms with Crippen molar-refractivity contribution in [2.24, 2.45) is 14.1 Å². The molecule has 5 nitrogen and oxygen atoms in total. The van der Waals surface area contributed by atoms with Gasteiger partial charge in [-0.3, -0.25) is 9.20 Å². The average molecular weight is 196 g/mol. The molecule has 0 unspecified atom stereocenters. The Balaban J connectivity index is 3.12. The van der Waals surface area contributed by atoms with Crippen LogP contribution in [0, 0.1) is 4.77 Å². The Labute approximate surface area is 78.8 Å². The van der Waals surface area contributed by atoms with Gasteiger partial charge in [0.2, 0.25) is 10.4 Å². The summed E-state index contributed by atoms with van der Waals surface area (Å²) in [4.78, 5) is 11.5. The van der Waals surface area contributed by atoms with Crippen LogP contribution >= 0.6 is 12.2 Å². The molecule has 0 amide bonds. The van der Waals surface area contributed by atoms with Crippen LogP contribution in [0.25, 0.3) is 5.65 Å². The highest BCUT2D eigenvalue weighted by molar-refractivity contribution is 7.71. The van der Waals surface area contributed by atoms with E-state index >= 15 is 0 Å². The van der Waals surface area contributed by atoms with E-state index < -0.39 is 0 Å². The first-order chi connectivity index (χ1) is 6.11. The molecular formula is C7H8N4OS. The second-order valence-electron chi connectivity index (χ2n) is 2.81. The highest BCUT2D eigenvalue weighted by atomic mass is 32.1. The summed E-state index contributed by atoms with van der Waals surface area (Å²) in [6.45, 7) is 0. The summed E-state index contributed by atoms with van der Waals surface area (Å²) < 4.78 is 5.09. The van der Waals surface area contributed by atoms with Crippen molar-refractivity contribution in [3.05, 3.63) is 27.5 Å². The highest BCUT2D eigenvalue weighted by Gasteiger charge is 2.04. The van der Waals surface area contributed by atoms with Gasteiger partial charge < -0.3 is 4.57 Å². The molecule has 2 heterocycles. The van der Waals surface area contributed by atoms with Gasteiger partial charge in [0.25, 0.3) is 5.56 Å². The monoisotopic (exact) mass is 196 g/mol. The van der Waals surface area contributed by atoms with Gasteiger partial charge in [-0.05, 0) is 12.2 Å². The Morgan fingerprint density at radius 1 is 1.38 bits per heavy atom. The van der Waals surface area contributed by atoms with Gasteiger partial charge in [0, 0.05) is 26.5 Å². The molecule has 68 valence electrons. The molecule has 2 rings (SSSR count). The van der Waals surface area contributed by atoms with E-state index in [1.807, 2.05) is 0 Å². The molecule has 0 aliphatic heterocycles. The fourth-order valence-electron chi connectivity index (χ4n) is 1.15. The van der Waals surface area contributed by atoms with Gasteiger partial charge in [0.1, 0.15) is 0 Å². The van der Waals surface area contributed by atoms with Crippen LogP contribution in [-0.4, -0.2) is 18.7 Å². The molecule has 6 heteroatoms. The first-order valence-corrected chi connectivity index (χ1v) is 4.13. The molecule has 2 aromatic rings. The molecule has 0 saturated carbocycles. The number of aryl methyl sites for hydroxylation is 2. The third-order valence-electron chi connectivity index (χ3n) is 1.91. The van der Waals surface area contributed by atoms with Crippen molar-refractivity contribution < 1.29 is 0 Å². The van der Waals surface area contributed by atoms with Crippen LogP contribution in [0.15, 0.2) is 17.2 Å². The van der Waals surface area contributed by atoms with Gasteiger partial charge in [0.05, 0.1) is 0 Å². The first-order valence-electron chi connectivity index (χ1n) is 3.72. The number of hydrogen-bond donors (Lipinski definition) is 0. The number of aromatic nitrogens is 4. The van der Waals surface area contributed by atoms with E-state index in [0.29, 0.717) is 10.4 Å². The minimum atomic E-state index is -0.144. The summed E-state index contributed by atoms with van der Waals surface area (Å²) in [5, 5.41) is 4.02. The van der Waals surface area contributed by atoms with E-state index in [1.165, 1.54) is 9.25 Å². The lowest BCUT2D eigenvalue weighted by Gasteiger charge is -1.94. The van der Waals surface area contributed by atoms with Crippen molar-refractivity contribution >= 4 is 17.9 Å². The van der Waals surface area contributed by atoms with E-state index in [0.717, 1.165) is 0 Å². The van der Waals surface area contributed by atoms with E-state index in [2.05, 4.69) is 5.10 Å². The maximum absolute atomic E-state index is 11.5. The lowest BCUT2D eigenvalue weighted by Crippen LogP contribution is -2.18. The van der Waals surface area contributed by atoms with E-state index in [4.69, 9.17) is 12.2 Å². The molecule has 0 aliphatic rings. The standard InChI is InChI=1S/C7H8N4OS/c1-9-3-4-11-5(6(9)12)8-10(2)7(11)13/h3-4H,1-2H3. The number of hydrogen-bond acceptors (Lipinski definition) is 3. The molecule has 0 atom stereocenters. The quantitative estimate of drug-likeness (QED) is 0.561. The second-order valence-corrected chi connectivity index (χ2v) is 3.18. The molecule has 0 bridgehead atoms. The highest BCUT2D eigenvalue weighted by Crippen LogP contribution is 1.95. The molecule has 13 heavy (non-hydrogen) atoms. The van der Waals surface area contributed by atoms with Crippen LogP contribution in [0.2, 0.25) is 0 Å². The molecule has 2 aromatic heterocycles. The van der Waals surface area contributed by atoms with Crippen molar-refractivity contribution in [3.8, 4) is 0 Å². The second kappa shape index (κ2) is 2.53. The van der Waals surface area contributed by atoms with Crippen LogP contribution < -0.4 is 5.56 Å². The van der Waals surface area contributed by atoms with Crippen molar-refractivity contribution in [2.45, 2.75) is 0 Å². The van der Waals surface area contributed by atoms with Crippen LogP contribution in [0.1, 0.15) is 0 Å². The number of fused-ring (bicyclic) bond motifs is 1. The first kappa shape index (κ1) is 8.18. The lowest BCUT2D eigenvalue weighted by molar-refractivity contribution is 0.756. The zero-order valence-electron chi connectivity index (χ0n) is 7.26. The Morgan fingerprint density at radius 2 is 2.08 bits per heavy atom. The molecule has 0 aliphatic carbocycles. The summed E-state index contributed by atoms with van der Waals surface area (Å²) in [6.07, 6.45) is 3.39. The number of rotatable bonds is 0. The third kappa shape index (κ3) is 1.02. The Morgan fingerprint density at radius 3 is 2.77 bits per heavy atom. The maximum atomic E-state index is 11.5. The fourth-order valence-corrected chi connectivity index (χ4v) is 1.34. The zero-order valence-corrected chi connectivity index (χ0v) is 8.08. The minimum absolute atomic E-state index is 0.144. The maximum Gasteiger partial charge on any atom is 0.295 e. The molecule has 0 saturated heterocycles. The summed E-state index contributed by atoms with van der Waals surface area (Å²) in [5.41, 5.74) is 0.215. The lowest BCUT2D eigenvalue weighted by atomic mass is 10.6. The summed E-state index contributed by atoms with van der Waals surface area (Å²) in [7, 11) is 3.40. The molecule has 0 aromatic carbocycles. The summed E-state index contributed by atoms with van der Waals surface area (Å²) in [6, 6.07) is 0. The SMILES string of the molecule is Cn1ccn2c(=S)n(C)nc2c1=O. The largest absolute Gasteiger partial charge is 0.314 e. The van der Waals surface area contributed by atoms with E-state index in [9.17, 15) is 4.79 Å². The van der Waals surface area contributed by atoms with Gasteiger partial charge in [-0.25, -0.2) is 4.68 Å². The average Bonchev–Trinajstić information content (AvgIpc) is 2.38. The van der Waals surface area contributed by atoms with Gasteiger partial charge in [-0.2, -0.15) is 0 Å². The van der Waals surface area contributed by atoms with Crippen LogP contribution in [0.4, 0.5) is 0 Å². The van der Waals surface area contributed by atoms with Crippen molar-refractivity contribution in [1.82, 2.24) is 18.7 Å². The molecular weight excluding hydrogens is 188 g/mol. The van der Waals surface area contributed by atoms with Gasteiger partial charge in [-0.1, -0.05) is 0 Å². The van der Waals surface area contributed by atoms with Crippen molar-refractivity contribution in [1.29, 1.82) is 0 Å². The Kier molecular flexibility index (Phi) is 1.59. The van der Waals surface area contributed by atoms with Gasteiger partial charge >= 0.3 is 0 Å². The van der Waals surface area contributed by atoms with Crippen LogP contribution in [0.3, 0.4) is 0 Å². The Bertz CT molecular complexity index is 576. The predicted octanol–water partition coefficient (Wildman–Crippen LogP) is 0.101. The predicted molar refractivity (Wildman–Crippen MR) is 50.2 cm³/mol. The Hall–Kier alpha value is -1.43. The minimum Gasteiger partial charge on any atom is -0.314 e. The third-order valence-corrected chi connectivity index (χ3v) is 2.37. The van der Waals surface area contributed by atoms with Gasteiger partial charge in [-0.15, -0.1) is 5.10 Å². The number of nitrogens with zero attached hydrogens (tertiary/aromatic N) is 4. The van der Waals surface area contributed by atoms with E-state index in [1.54, 1.807) is 30.9 Å². The van der Waals surface area contributed by atoms with E-state index in [-0.39, 0.29) is 5.56 Å². The summed E-state index contributed by atoms with van der Waals surface area (Å²) >= 11 is 5.05. The summed E-state index contributed by atoms with van der Waals surface area (Å²) in [5.74, 6) is 0. The fraction of sp³-hybridized carbons (Fsp3) is 0.286. The molecule has 0 fully saturated rings. The molecule has 0 radical (unpaired) electrons. The van der Waals surface area contributed by atoms with Crippen molar-refractivity contribution in [3.63, 3.8) is 0 Å². The van der Waals surface area contributed by atoms with Crippen LogP contribution in [-0.2, 0) is 14.1 Å². The van der Waals surface area contributed by atoms with Gasteiger partial charge in [0.15, 0.2) is 0 Å². The normalized spacial score (nSPS) is 10.9. The van der Waals surface area contributed by atoms with Crippen LogP contribution in [0.5, 0.6) is 0 Å². The molecule has 0 N–H and O–H groups in total. The smallest absolute Gasteiger partial charge is 0.295 e.